The van der Waals surface area contributed by atoms with Gasteiger partial charge >= 0.3 is 5.97 Å². The summed E-state index contributed by atoms with van der Waals surface area (Å²) in [6, 6.07) is 7.70. The molecule has 2 N–H and O–H groups in total. The third kappa shape index (κ3) is 2.06. The third-order valence-electron chi connectivity index (χ3n) is 2.52. The Balaban J connectivity index is 2.17. The number of carbonyl (C=O) groups is 1. The molecular weight excluding hydrogens is 206 g/mol. The fraction of sp³-hybridized carbons (Fsp3) is 0.250. The first kappa shape index (κ1) is 10.7. The summed E-state index contributed by atoms with van der Waals surface area (Å²) in [6.45, 7) is 0. The molecule has 4 heteroatoms. The van der Waals surface area contributed by atoms with Gasteiger partial charge in [-0.05, 0) is 29.1 Å². The van der Waals surface area contributed by atoms with Crippen LogP contribution in [0, 0.1) is 0 Å². The van der Waals surface area contributed by atoms with E-state index in [1.165, 1.54) is 7.11 Å². The van der Waals surface area contributed by atoms with Crippen LogP contribution >= 0.6 is 0 Å². The number of nitrogens with one attached hydrogen (secondary N) is 1. The first-order chi connectivity index (χ1) is 7.70. The summed E-state index contributed by atoms with van der Waals surface area (Å²) in [5.74, 6) is -0.603. The molecule has 1 aromatic carbocycles. The highest BCUT2D eigenvalue weighted by Crippen LogP contribution is 2.15. The van der Waals surface area contributed by atoms with Gasteiger partial charge in [0.15, 0.2) is 6.10 Å². The Hall–Kier alpha value is -1.81. The molecule has 0 radical (unpaired) electrons. The summed E-state index contributed by atoms with van der Waals surface area (Å²) >= 11 is 0. The molecule has 1 unspecified atom stereocenters. The number of aromatic nitrogens is 1. The van der Waals surface area contributed by atoms with Crippen molar-refractivity contribution in [2.24, 2.45) is 0 Å². The highest BCUT2D eigenvalue weighted by Gasteiger charge is 2.15. The van der Waals surface area contributed by atoms with Crippen molar-refractivity contribution in [1.29, 1.82) is 0 Å². The number of hydrogen-bond acceptors (Lipinski definition) is 3. The van der Waals surface area contributed by atoms with E-state index in [1.54, 1.807) is 0 Å². The number of carbonyl (C=O) groups excluding carboxylic acids is 1. The van der Waals surface area contributed by atoms with Crippen LogP contribution in [0.4, 0.5) is 0 Å². The van der Waals surface area contributed by atoms with Crippen LogP contribution in [0.2, 0.25) is 0 Å². The second kappa shape index (κ2) is 4.37. The topological polar surface area (TPSA) is 62.3 Å². The van der Waals surface area contributed by atoms with Crippen molar-refractivity contribution in [3.05, 3.63) is 36.0 Å². The monoisotopic (exact) mass is 219 g/mol. The van der Waals surface area contributed by atoms with Crippen LogP contribution in [-0.2, 0) is 16.0 Å². The predicted molar refractivity (Wildman–Crippen MR) is 60.0 cm³/mol. The first-order valence-corrected chi connectivity index (χ1v) is 5.02. The summed E-state index contributed by atoms with van der Waals surface area (Å²) in [5.41, 5.74) is 1.95. The van der Waals surface area contributed by atoms with Crippen LogP contribution in [-0.4, -0.2) is 29.3 Å². The number of aliphatic hydroxyl groups is 1. The van der Waals surface area contributed by atoms with E-state index in [1.807, 2.05) is 30.5 Å². The molecule has 0 fully saturated rings. The summed E-state index contributed by atoms with van der Waals surface area (Å²) in [4.78, 5) is 14.1. The summed E-state index contributed by atoms with van der Waals surface area (Å²) in [5, 5.41) is 10.6. The van der Waals surface area contributed by atoms with Gasteiger partial charge in [-0.2, -0.15) is 0 Å². The number of aromatic amines is 1. The molecule has 4 nitrogen and oxygen atoms in total. The summed E-state index contributed by atoms with van der Waals surface area (Å²) in [7, 11) is 1.26. The Kier molecular flexibility index (Phi) is 2.92. The average molecular weight is 219 g/mol. The number of esters is 1. The molecule has 2 aromatic rings. The second-order valence-corrected chi connectivity index (χ2v) is 3.64. The van der Waals surface area contributed by atoms with Crippen molar-refractivity contribution in [2.45, 2.75) is 12.5 Å². The van der Waals surface area contributed by atoms with Crippen molar-refractivity contribution in [3.63, 3.8) is 0 Å². The second-order valence-electron chi connectivity index (χ2n) is 3.64. The Morgan fingerprint density at radius 1 is 1.50 bits per heavy atom. The summed E-state index contributed by atoms with van der Waals surface area (Å²) < 4.78 is 4.46. The lowest BCUT2D eigenvalue weighted by Gasteiger charge is -2.08. The van der Waals surface area contributed by atoms with E-state index < -0.39 is 12.1 Å². The van der Waals surface area contributed by atoms with Gasteiger partial charge in [-0.1, -0.05) is 6.07 Å². The molecule has 0 bridgehead atoms. The minimum atomic E-state index is -1.10. The molecule has 2 rings (SSSR count). The van der Waals surface area contributed by atoms with E-state index >= 15 is 0 Å². The molecule has 84 valence electrons. The van der Waals surface area contributed by atoms with Gasteiger partial charge in [-0.25, -0.2) is 4.79 Å². The van der Waals surface area contributed by atoms with E-state index in [0.29, 0.717) is 0 Å². The number of hydrogen-bond donors (Lipinski definition) is 2. The maximum atomic E-state index is 11.1. The number of ether oxygens (including phenoxy) is 1. The van der Waals surface area contributed by atoms with Gasteiger partial charge in [-0.3, -0.25) is 0 Å². The molecule has 16 heavy (non-hydrogen) atoms. The number of H-pyrrole nitrogens is 1. The lowest BCUT2D eigenvalue weighted by molar-refractivity contribution is -0.150. The Morgan fingerprint density at radius 2 is 2.31 bits per heavy atom. The van der Waals surface area contributed by atoms with Crippen molar-refractivity contribution in [2.75, 3.05) is 7.11 Å². The molecule has 0 spiro atoms. The van der Waals surface area contributed by atoms with Crippen LogP contribution in [0.25, 0.3) is 10.9 Å². The Morgan fingerprint density at radius 3 is 3.06 bits per heavy atom. The van der Waals surface area contributed by atoms with Crippen LogP contribution in [0.1, 0.15) is 5.56 Å². The zero-order valence-electron chi connectivity index (χ0n) is 8.93. The Labute approximate surface area is 92.9 Å². The van der Waals surface area contributed by atoms with Crippen LogP contribution in [0.3, 0.4) is 0 Å². The molecule has 0 amide bonds. The van der Waals surface area contributed by atoms with Gasteiger partial charge < -0.3 is 14.8 Å². The van der Waals surface area contributed by atoms with Crippen LogP contribution < -0.4 is 0 Å². The molecule has 1 aromatic heterocycles. The van der Waals surface area contributed by atoms with Gasteiger partial charge in [0.1, 0.15) is 0 Å². The van der Waals surface area contributed by atoms with Gasteiger partial charge in [-0.15, -0.1) is 0 Å². The molecule has 0 aliphatic rings. The van der Waals surface area contributed by atoms with Crippen LogP contribution in [0.5, 0.6) is 0 Å². The molecule has 0 saturated heterocycles. The molecule has 0 aliphatic heterocycles. The minimum absolute atomic E-state index is 0.272. The molecule has 1 atom stereocenters. The highest BCUT2D eigenvalue weighted by molar-refractivity contribution is 5.80. The van der Waals surface area contributed by atoms with Crippen molar-refractivity contribution < 1.29 is 14.6 Å². The SMILES string of the molecule is COC(=O)C(O)Cc1ccc2[nH]ccc2c1. The quantitative estimate of drug-likeness (QED) is 0.763. The largest absolute Gasteiger partial charge is 0.467 e. The maximum absolute atomic E-state index is 11.1. The minimum Gasteiger partial charge on any atom is -0.467 e. The standard InChI is InChI=1S/C12H13NO3/c1-16-12(15)11(14)7-8-2-3-10-9(6-8)4-5-13-10/h2-6,11,13-14H,7H2,1H3. The van der Waals surface area contributed by atoms with Gasteiger partial charge in [0, 0.05) is 18.1 Å². The summed E-state index contributed by atoms with van der Waals surface area (Å²) in [6.07, 6.45) is 1.03. The fourth-order valence-corrected chi connectivity index (χ4v) is 1.67. The van der Waals surface area contributed by atoms with Gasteiger partial charge in [0.25, 0.3) is 0 Å². The van der Waals surface area contributed by atoms with E-state index in [4.69, 9.17) is 0 Å². The lowest BCUT2D eigenvalue weighted by Crippen LogP contribution is -2.24. The third-order valence-corrected chi connectivity index (χ3v) is 2.52. The number of methoxy groups -OCH3 is 1. The van der Waals surface area contributed by atoms with Gasteiger partial charge in [0.2, 0.25) is 0 Å². The number of fused-ring (bicyclic) bond motifs is 1. The molecule has 1 heterocycles. The van der Waals surface area contributed by atoms with Crippen molar-refractivity contribution in [1.82, 2.24) is 4.98 Å². The van der Waals surface area contributed by atoms with E-state index in [2.05, 4.69) is 9.72 Å². The Bertz CT molecular complexity index is 504. The number of rotatable bonds is 3. The predicted octanol–water partition coefficient (Wildman–Crippen LogP) is 1.24. The lowest BCUT2D eigenvalue weighted by atomic mass is 10.1. The number of benzene rings is 1. The molecule has 0 aliphatic carbocycles. The van der Waals surface area contributed by atoms with Crippen molar-refractivity contribution in [3.8, 4) is 0 Å². The fourth-order valence-electron chi connectivity index (χ4n) is 1.67. The molecular formula is C12H13NO3. The normalized spacial score (nSPS) is 12.6. The van der Waals surface area contributed by atoms with E-state index in [9.17, 15) is 9.90 Å². The van der Waals surface area contributed by atoms with Crippen LogP contribution in [0.15, 0.2) is 30.5 Å². The highest BCUT2D eigenvalue weighted by atomic mass is 16.5. The zero-order chi connectivity index (χ0) is 11.5. The smallest absolute Gasteiger partial charge is 0.335 e. The first-order valence-electron chi connectivity index (χ1n) is 5.02. The maximum Gasteiger partial charge on any atom is 0.335 e. The van der Waals surface area contributed by atoms with Gasteiger partial charge in [0.05, 0.1) is 7.11 Å². The average Bonchev–Trinajstić information content (AvgIpc) is 2.75. The molecule has 0 saturated carbocycles. The zero-order valence-corrected chi connectivity index (χ0v) is 8.93. The van der Waals surface area contributed by atoms with Crippen molar-refractivity contribution >= 4 is 16.9 Å². The van der Waals surface area contributed by atoms with E-state index in [0.717, 1.165) is 16.5 Å². The van der Waals surface area contributed by atoms with E-state index in [-0.39, 0.29) is 6.42 Å². The number of aliphatic hydroxyl groups excluding tert-OH is 1.